The molecule has 112 valence electrons. The van der Waals surface area contributed by atoms with Gasteiger partial charge in [-0.1, -0.05) is 18.2 Å². The summed E-state index contributed by atoms with van der Waals surface area (Å²) in [6.45, 7) is 0.358. The molecule has 0 aromatic heterocycles. The van der Waals surface area contributed by atoms with Crippen LogP contribution in [0.2, 0.25) is 0 Å². The normalized spacial score (nSPS) is 27.0. The molecule has 0 aliphatic carbocycles. The third-order valence-electron chi connectivity index (χ3n) is 3.97. The maximum absolute atomic E-state index is 12.1. The monoisotopic (exact) mass is 290 g/mol. The molecule has 6 heteroatoms. The summed E-state index contributed by atoms with van der Waals surface area (Å²) in [4.78, 5) is 22.9. The average Bonchev–Trinajstić information content (AvgIpc) is 3.11. The van der Waals surface area contributed by atoms with Crippen LogP contribution in [0.1, 0.15) is 18.4 Å². The lowest BCUT2D eigenvalue weighted by molar-refractivity contribution is -0.149. The molecule has 0 bridgehead atoms. The van der Waals surface area contributed by atoms with Gasteiger partial charge < -0.3 is 20.5 Å². The number of anilines is 1. The van der Waals surface area contributed by atoms with Gasteiger partial charge in [0.15, 0.2) is 6.10 Å². The number of carboxylic acids is 1. The average molecular weight is 290 g/mol. The van der Waals surface area contributed by atoms with Crippen LogP contribution in [0.4, 0.5) is 5.69 Å². The number of benzene rings is 1. The molecule has 0 radical (unpaired) electrons. The second-order valence-electron chi connectivity index (χ2n) is 5.47. The van der Waals surface area contributed by atoms with Gasteiger partial charge >= 0.3 is 5.97 Å². The van der Waals surface area contributed by atoms with Gasteiger partial charge in [-0.3, -0.25) is 4.79 Å². The lowest BCUT2D eigenvalue weighted by Gasteiger charge is -2.15. The van der Waals surface area contributed by atoms with Crippen LogP contribution in [0.3, 0.4) is 0 Å². The maximum Gasteiger partial charge on any atom is 0.332 e. The molecule has 21 heavy (non-hydrogen) atoms. The summed E-state index contributed by atoms with van der Waals surface area (Å²) in [5.41, 5.74) is 2.14. The first-order valence-corrected chi connectivity index (χ1v) is 7.14. The van der Waals surface area contributed by atoms with E-state index in [1.807, 2.05) is 24.3 Å². The third kappa shape index (κ3) is 3.00. The molecule has 1 saturated heterocycles. The quantitative estimate of drug-likeness (QED) is 0.762. The molecule has 0 saturated carbocycles. The van der Waals surface area contributed by atoms with Crippen LogP contribution in [-0.4, -0.2) is 41.8 Å². The Balaban J connectivity index is 1.47. The first-order valence-electron chi connectivity index (χ1n) is 7.14. The second kappa shape index (κ2) is 5.73. The maximum atomic E-state index is 12.1. The minimum atomic E-state index is -0.934. The van der Waals surface area contributed by atoms with E-state index in [1.54, 1.807) is 0 Å². The van der Waals surface area contributed by atoms with E-state index in [0.717, 1.165) is 11.3 Å². The van der Waals surface area contributed by atoms with Crippen molar-refractivity contribution in [3.63, 3.8) is 0 Å². The lowest BCUT2D eigenvalue weighted by atomic mass is 10.1. The number of para-hydroxylation sites is 1. The van der Waals surface area contributed by atoms with Crippen LogP contribution in [-0.2, 0) is 20.7 Å². The van der Waals surface area contributed by atoms with Crippen LogP contribution in [0.5, 0.6) is 0 Å². The minimum Gasteiger partial charge on any atom is -0.479 e. The minimum absolute atomic E-state index is 0.0754. The van der Waals surface area contributed by atoms with Crippen molar-refractivity contribution in [1.29, 1.82) is 0 Å². The molecule has 3 N–H and O–H groups in total. The van der Waals surface area contributed by atoms with Gasteiger partial charge in [-0.15, -0.1) is 0 Å². The van der Waals surface area contributed by atoms with Gasteiger partial charge in [-0.2, -0.15) is 0 Å². The van der Waals surface area contributed by atoms with Crippen LogP contribution in [0.25, 0.3) is 0 Å². The molecule has 1 aromatic carbocycles. The summed E-state index contributed by atoms with van der Waals surface area (Å²) >= 11 is 0. The SMILES string of the molecule is O=C(O)C1CCC(CNC(=O)[C@@H]2Cc3ccccc3N2)O1. The van der Waals surface area contributed by atoms with Gasteiger partial charge in [0.2, 0.25) is 5.91 Å². The smallest absolute Gasteiger partial charge is 0.332 e. The number of ether oxygens (including phenoxy) is 1. The highest BCUT2D eigenvalue weighted by Crippen LogP contribution is 2.25. The van der Waals surface area contributed by atoms with E-state index in [2.05, 4.69) is 10.6 Å². The zero-order valence-corrected chi connectivity index (χ0v) is 11.5. The van der Waals surface area contributed by atoms with Crippen LogP contribution >= 0.6 is 0 Å². The van der Waals surface area contributed by atoms with Crippen molar-refractivity contribution in [2.75, 3.05) is 11.9 Å². The number of nitrogens with one attached hydrogen (secondary N) is 2. The van der Waals surface area contributed by atoms with Gasteiger partial charge in [0.1, 0.15) is 6.04 Å². The second-order valence-corrected chi connectivity index (χ2v) is 5.47. The highest BCUT2D eigenvalue weighted by molar-refractivity contribution is 5.87. The summed E-state index contributed by atoms with van der Waals surface area (Å²) in [6, 6.07) is 7.59. The molecule has 3 rings (SSSR count). The largest absolute Gasteiger partial charge is 0.479 e. The lowest BCUT2D eigenvalue weighted by Crippen LogP contribution is -2.42. The highest BCUT2D eigenvalue weighted by atomic mass is 16.5. The number of rotatable bonds is 4. The summed E-state index contributed by atoms with van der Waals surface area (Å²) in [5.74, 6) is -1.01. The van der Waals surface area contributed by atoms with E-state index in [-0.39, 0.29) is 18.1 Å². The van der Waals surface area contributed by atoms with Crippen molar-refractivity contribution in [1.82, 2.24) is 5.32 Å². The zero-order valence-electron chi connectivity index (χ0n) is 11.5. The standard InChI is InChI=1S/C15H18N2O4/c18-14(12-7-9-3-1-2-4-11(9)17-12)16-8-10-5-6-13(21-10)15(19)20/h1-4,10,12-13,17H,5-8H2,(H,16,18)(H,19,20)/t10?,12-,13?/m0/s1. The Hall–Kier alpha value is -2.08. The number of aliphatic carboxylic acids is 1. The fourth-order valence-corrected chi connectivity index (χ4v) is 2.83. The Morgan fingerprint density at radius 3 is 2.86 bits per heavy atom. The zero-order chi connectivity index (χ0) is 14.8. The van der Waals surface area contributed by atoms with E-state index in [1.165, 1.54) is 0 Å². The van der Waals surface area contributed by atoms with Crippen molar-refractivity contribution in [3.8, 4) is 0 Å². The summed E-state index contributed by atoms with van der Waals surface area (Å²) in [5, 5.41) is 14.9. The van der Waals surface area contributed by atoms with Crippen LogP contribution < -0.4 is 10.6 Å². The van der Waals surface area contributed by atoms with Crippen LogP contribution in [0, 0.1) is 0 Å². The predicted octanol–water partition coefficient (Wildman–Crippen LogP) is 0.772. The number of hydrogen-bond donors (Lipinski definition) is 3. The Labute approximate surface area is 122 Å². The summed E-state index contributed by atoms with van der Waals surface area (Å²) in [6.07, 6.45) is 0.892. The number of amides is 1. The fraction of sp³-hybridized carbons (Fsp3) is 0.467. The van der Waals surface area contributed by atoms with Gasteiger partial charge in [0.25, 0.3) is 0 Å². The fourth-order valence-electron chi connectivity index (χ4n) is 2.83. The van der Waals surface area contributed by atoms with Gasteiger partial charge in [0.05, 0.1) is 6.10 Å². The topological polar surface area (TPSA) is 87.7 Å². The highest BCUT2D eigenvalue weighted by Gasteiger charge is 2.32. The van der Waals surface area contributed by atoms with Crippen molar-refractivity contribution in [3.05, 3.63) is 29.8 Å². The van der Waals surface area contributed by atoms with E-state index in [0.29, 0.717) is 25.8 Å². The summed E-state index contributed by atoms with van der Waals surface area (Å²) < 4.78 is 5.36. The molecule has 2 aliphatic heterocycles. The number of carbonyl (C=O) groups excluding carboxylic acids is 1. The molecule has 0 spiro atoms. The van der Waals surface area contributed by atoms with E-state index in [9.17, 15) is 9.59 Å². The Morgan fingerprint density at radius 1 is 1.33 bits per heavy atom. The molecule has 2 aliphatic rings. The molecule has 1 amide bonds. The number of fused-ring (bicyclic) bond motifs is 1. The van der Waals surface area contributed by atoms with Crippen molar-refractivity contribution >= 4 is 17.6 Å². The third-order valence-corrected chi connectivity index (χ3v) is 3.97. The first kappa shape index (κ1) is 13.9. The number of carboxylic acid groups (broad SMARTS) is 1. The Kier molecular flexibility index (Phi) is 3.79. The summed E-state index contributed by atoms with van der Waals surface area (Å²) in [7, 11) is 0. The van der Waals surface area contributed by atoms with Gasteiger partial charge in [-0.25, -0.2) is 4.79 Å². The molecule has 6 nitrogen and oxygen atoms in total. The van der Waals surface area contributed by atoms with E-state index < -0.39 is 12.1 Å². The number of carbonyl (C=O) groups is 2. The van der Waals surface area contributed by atoms with Crippen molar-refractivity contribution < 1.29 is 19.4 Å². The van der Waals surface area contributed by atoms with Gasteiger partial charge in [-0.05, 0) is 24.5 Å². The van der Waals surface area contributed by atoms with E-state index >= 15 is 0 Å². The molecule has 3 atom stereocenters. The first-order chi connectivity index (χ1) is 10.1. The predicted molar refractivity (Wildman–Crippen MR) is 76.1 cm³/mol. The molecule has 2 heterocycles. The van der Waals surface area contributed by atoms with E-state index in [4.69, 9.17) is 9.84 Å². The Morgan fingerprint density at radius 2 is 2.14 bits per heavy atom. The number of hydrogen-bond acceptors (Lipinski definition) is 4. The van der Waals surface area contributed by atoms with Crippen LogP contribution in [0.15, 0.2) is 24.3 Å². The Bertz CT molecular complexity index is 535. The van der Waals surface area contributed by atoms with Gasteiger partial charge in [0, 0.05) is 18.7 Å². The molecular formula is C15H18N2O4. The van der Waals surface area contributed by atoms with Crippen molar-refractivity contribution in [2.45, 2.75) is 37.5 Å². The molecule has 2 unspecified atom stereocenters. The molecule has 1 fully saturated rings. The van der Waals surface area contributed by atoms with Crippen molar-refractivity contribution in [2.24, 2.45) is 0 Å². The molecule has 1 aromatic rings. The molecular weight excluding hydrogens is 272 g/mol.